The summed E-state index contributed by atoms with van der Waals surface area (Å²) in [5, 5.41) is 0.960. The molecule has 4 nitrogen and oxygen atoms in total. The van der Waals surface area contributed by atoms with Crippen molar-refractivity contribution >= 4 is 16.4 Å². The minimum atomic E-state index is -3.56. The maximum atomic E-state index is 10.6. The van der Waals surface area contributed by atoms with Gasteiger partial charge >= 0.3 is 6.41 Å². The van der Waals surface area contributed by atoms with Gasteiger partial charge in [0.2, 0.25) is 0 Å². The minimum absolute atomic E-state index is 0.680. The van der Waals surface area contributed by atoms with E-state index < -0.39 is 10.0 Å². The molecule has 1 N–H and O–H groups in total. The largest absolute Gasteiger partial charge is 0.324 e. The Balaban J connectivity index is 4.01. The fraction of sp³-hybridized carbons (Fsp3) is 0.500. The van der Waals surface area contributed by atoms with Crippen LogP contribution in [0.25, 0.3) is 0 Å². The molecule has 5 heteroatoms. The highest BCUT2D eigenvalue weighted by Crippen LogP contribution is 1.91. The van der Waals surface area contributed by atoms with Crippen molar-refractivity contribution in [2.75, 3.05) is 0 Å². The van der Waals surface area contributed by atoms with E-state index in [1.165, 1.54) is 6.08 Å². The zero-order chi connectivity index (χ0) is 8.74. The summed E-state index contributed by atoms with van der Waals surface area (Å²) in [4.78, 5) is 9.60. The first-order valence-electron chi connectivity index (χ1n) is 3.18. The monoisotopic (exact) mass is 176 g/mol. The molecular formula is C6H10NO3S. The molecule has 63 valence electrons. The summed E-state index contributed by atoms with van der Waals surface area (Å²) in [5.41, 5.74) is 0. The maximum Gasteiger partial charge on any atom is 0.324 e. The Hall–Kier alpha value is -0.840. The van der Waals surface area contributed by atoms with Gasteiger partial charge in [-0.2, -0.15) is 0 Å². The van der Waals surface area contributed by atoms with Gasteiger partial charge in [0.1, 0.15) is 0 Å². The zero-order valence-electron chi connectivity index (χ0n) is 6.20. The van der Waals surface area contributed by atoms with Crippen LogP contribution in [0.1, 0.15) is 19.8 Å². The average Bonchev–Trinajstić information content (AvgIpc) is 1.87. The molecule has 0 aromatic carbocycles. The van der Waals surface area contributed by atoms with Crippen molar-refractivity contribution < 1.29 is 13.2 Å². The third kappa shape index (κ3) is 5.60. The minimum Gasteiger partial charge on any atom is -0.262 e. The van der Waals surface area contributed by atoms with Crippen LogP contribution in [0.15, 0.2) is 11.5 Å². The van der Waals surface area contributed by atoms with E-state index in [2.05, 4.69) is 0 Å². The number of hydrogen-bond donors (Lipinski definition) is 1. The number of hydrogen-bond acceptors (Lipinski definition) is 3. The van der Waals surface area contributed by atoms with Gasteiger partial charge in [-0.15, -0.1) is 0 Å². The molecule has 0 aliphatic carbocycles. The van der Waals surface area contributed by atoms with Crippen LogP contribution in [0.4, 0.5) is 0 Å². The van der Waals surface area contributed by atoms with E-state index in [-0.39, 0.29) is 0 Å². The SMILES string of the molecule is CCC/C=C/S(=O)(=O)N[C]=O. The molecule has 0 fully saturated rings. The molecule has 0 bridgehead atoms. The van der Waals surface area contributed by atoms with Crippen molar-refractivity contribution in [1.82, 2.24) is 4.72 Å². The third-order valence-corrected chi connectivity index (χ3v) is 1.83. The van der Waals surface area contributed by atoms with E-state index in [1.807, 2.05) is 6.92 Å². The van der Waals surface area contributed by atoms with Gasteiger partial charge in [-0.3, -0.25) is 4.79 Å². The molecule has 1 radical (unpaired) electrons. The van der Waals surface area contributed by atoms with Crippen LogP contribution in [0.5, 0.6) is 0 Å². The van der Waals surface area contributed by atoms with Gasteiger partial charge in [-0.1, -0.05) is 19.4 Å². The highest BCUT2D eigenvalue weighted by Gasteiger charge is 2.00. The number of allylic oxidation sites excluding steroid dienone is 1. The van der Waals surface area contributed by atoms with Crippen molar-refractivity contribution in [3.05, 3.63) is 11.5 Å². The van der Waals surface area contributed by atoms with Crippen LogP contribution in [0.3, 0.4) is 0 Å². The summed E-state index contributed by atoms with van der Waals surface area (Å²) < 4.78 is 22.9. The third-order valence-electron chi connectivity index (χ3n) is 0.915. The van der Waals surface area contributed by atoms with E-state index in [0.29, 0.717) is 6.42 Å². The summed E-state index contributed by atoms with van der Waals surface area (Å²) in [6, 6.07) is 0. The highest BCUT2D eigenvalue weighted by molar-refractivity contribution is 7.92. The van der Waals surface area contributed by atoms with Crippen LogP contribution in [0.2, 0.25) is 0 Å². The first kappa shape index (κ1) is 10.2. The summed E-state index contributed by atoms with van der Waals surface area (Å²) in [6.07, 6.45) is 4.13. The normalized spacial score (nSPS) is 11.7. The standard InChI is InChI=1S/C6H10NO3S/c1-2-3-4-5-11(9,10)7-6-8/h4-5H,2-3H2,1H3,(H,7,8)/b5-4+. The molecule has 0 saturated heterocycles. The van der Waals surface area contributed by atoms with Gasteiger partial charge in [-0.05, 0) is 6.42 Å². The Morgan fingerprint density at radius 3 is 2.64 bits per heavy atom. The number of unbranched alkanes of at least 4 members (excludes halogenated alkanes) is 1. The lowest BCUT2D eigenvalue weighted by Gasteiger charge is -1.91. The number of carbonyl (C=O) groups excluding carboxylic acids is 1. The van der Waals surface area contributed by atoms with Gasteiger partial charge in [0, 0.05) is 5.41 Å². The molecule has 0 aromatic rings. The molecule has 0 aromatic heterocycles. The number of amides is 1. The highest BCUT2D eigenvalue weighted by atomic mass is 32.2. The van der Waals surface area contributed by atoms with Crippen LogP contribution in [-0.2, 0) is 14.8 Å². The summed E-state index contributed by atoms with van der Waals surface area (Å²) in [6.45, 7) is 1.93. The van der Waals surface area contributed by atoms with Crippen LogP contribution >= 0.6 is 0 Å². The van der Waals surface area contributed by atoms with Crippen molar-refractivity contribution in [3.8, 4) is 0 Å². The second kappa shape index (κ2) is 4.90. The smallest absolute Gasteiger partial charge is 0.262 e. The fourth-order valence-electron chi connectivity index (χ4n) is 0.453. The number of nitrogens with one attached hydrogen (secondary N) is 1. The summed E-state index contributed by atoms with van der Waals surface area (Å²) >= 11 is 0. The molecule has 0 aliphatic rings. The molecule has 11 heavy (non-hydrogen) atoms. The van der Waals surface area contributed by atoms with Crippen molar-refractivity contribution in [3.63, 3.8) is 0 Å². The molecule has 0 aliphatic heterocycles. The Kier molecular flexibility index (Phi) is 4.52. The Morgan fingerprint density at radius 2 is 2.18 bits per heavy atom. The second-order valence-corrected chi connectivity index (χ2v) is 3.48. The van der Waals surface area contributed by atoms with Crippen LogP contribution < -0.4 is 4.72 Å². The Bertz CT molecular complexity index is 230. The number of sulfonamides is 1. The maximum absolute atomic E-state index is 10.6. The van der Waals surface area contributed by atoms with Crippen LogP contribution in [0, 0.1) is 0 Å². The van der Waals surface area contributed by atoms with Crippen molar-refractivity contribution in [2.45, 2.75) is 19.8 Å². The molecule has 0 unspecified atom stereocenters. The van der Waals surface area contributed by atoms with E-state index in [0.717, 1.165) is 18.2 Å². The van der Waals surface area contributed by atoms with Crippen molar-refractivity contribution in [2.24, 2.45) is 0 Å². The summed E-state index contributed by atoms with van der Waals surface area (Å²) in [5.74, 6) is 0. The predicted octanol–water partition coefficient (Wildman–Crippen LogP) is 0.287. The van der Waals surface area contributed by atoms with Gasteiger partial charge in [-0.25, -0.2) is 13.1 Å². The van der Waals surface area contributed by atoms with Gasteiger partial charge in [0.25, 0.3) is 10.0 Å². The van der Waals surface area contributed by atoms with E-state index >= 15 is 0 Å². The summed E-state index contributed by atoms with van der Waals surface area (Å²) in [7, 11) is -3.56. The van der Waals surface area contributed by atoms with Crippen LogP contribution in [-0.4, -0.2) is 14.8 Å². The second-order valence-electron chi connectivity index (χ2n) is 1.91. The molecule has 0 rings (SSSR count). The first-order valence-corrected chi connectivity index (χ1v) is 4.72. The molecular weight excluding hydrogens is 166 g/mol. The zero-order valence-corrected chi connectivity index (χ0v) is 7.02. The van der Waals surface area contributed by atoms with E-state index in [9.17, 15) is 13.2 Å². The molecule has 0 spiro atoms. The molecule has 0 heterocycles. The van der Waals surface area contributed by atoms with E-state index in [4.69, 9.17) is 0 Å². The lowest BCUT2D eigenvalue weighted by atomic mass is 10.3. The quantitative estimate of drug-likeness (QED) is 0.612. The predicted molar refractivity (Wildman–Crippen MR) is 41.8 cm³/mol. The lowest BCUT2D eigenvalue weighted by Crippen LogP contribution is -2.18. The molecule has 0 saturated carbocycles. The first-order chi connectivity index (χ1) is 5.12. The van der Waals surface area contributed by atoms with Gasteiger partial charge < -0.3 is 0 Å². The Labute approximate surface area is 66.3 Å². The molecule has 1 amide bonds. The van der Waals surface area contributed by atoms with E-state index in [1.54, 1.807) is 4.72 Å². The lowest BCUT2D eigenvalue weighted by molar-refractivity contribution is 0.548. The molecule has 0 atom stereocenters. The van der Waals surface area contributed by atoms with Gasteiger partial charge in [0.05, 0.1) is 0 Å². The van der Waals surface area contributed by atoms with Crippen molar-refractivity contribution in [1.29, 1.82) is 0 Å². The topological polar surface area (TPSA) is 63.2 Å². The average molecular weight is 176 g/mol. The Morgan fingerprint density at radius 1 is 1.55 bits per heavy atom. The number of rotatable bonds is 5. The fourth-order valence-corrected chi connectivity index (χ4v) is 1.03. The van der Waals surface area contributed by atoms with Gasteiger partial charge in [0.15, 0.2) is 0 Å².